The molecular weight excluding hydrogens is 820 g/mol. The van der Waals surface area contributed by atoms with E-state index in [9.17, 15) is 35.9 Å². The summed E-state index contributed by atoms with van der Waals surface area (Å²) in [5.41, 5.74) is 9.33. The SMILES string of the molecule is C.CCc1c(C(F)(F)F)cc(-c2ccccc2)n(Cc2ccc(C)cc2C)c1=O.Cc1ccc(Cn2c(-c3ccccc3)cc(C(F)(F)F)c(CN)c2=O)c(C)c1.Cl.O=CO. The molecule has 2 aromatic heterocycles. The zero-order valence-corrected chi connectivity index (χ0v) is 34.4. The molecule has 61 heavy (non-hydrogen) atoms. The Morgan fingerprint density at radius 3 is 1.26 bits per heavy atom. The standard InChI is InChI=1S/C23H22F3NO.C22H21F3N2O.CH2O2.CH4.ClH/c1-4-19-20(23(24,25)26)13-21(17-8-6-5-7-9-17)27(22(19)28)14-18-11-10-15(2)12-16(18)3;1-14-8-9-17(15(2)10-14)13-27-20(16-6-4-3-5-7-16)11-19(22(23,24)25)18(12-26)21(27)28;2-1-3;;/h5-13H,4,14H2,1-3H3;3-11H,12-13,26H2,1-2H3;1H,(H,2,3);1H4;1H. The van der Waals surface area contributed by atoms with E-state index in [2.05, 4.69) is 0 Å². The van der Waals surface area contributed by atoms with Crippen molar-refractivity contribution in [2.75, 3.05) is 0 Å². The summed E-state index contributed by atoms with van der Waals surface area (Å²) in [5, 5.41) is 6.89. The molecule has 0 saturated carbocycles. The number of pyridine rings is 2. The van der Waals surface area contributed by atoms with Crippen LogP contribution in [0.1, 0.15) is 70.0 Å². The average Bonchev–Trinajstić information content (AvgIpc) is 3.18. The van der Waals surface area contributed by atoms with Gasteiger partial charge in [-0.3, -0.25) is 14.4 Å². The molecule has 3 N–H and O–H groups in total. The molecule has 0 aliphatic carbocycles. The van der Waals surface area contributed by atoms with Crippen LogP contribution in [0.15, 0.2) is 119 Å². The van der Waals surface area contributed by atoms with E-state index in [1.807, 2.05) is 64.1 Å². The fourth-order valence-electron chi connectivity index (χ4n) is 6.82. The fraction of sp³-hybridized carbons (Fsp3) is 0.255. The van der Waals surface area contributed by atoms with Gasteiger partial charge in [0.1, 0.15) is 0 Å². The summed E-state index contributed by atoms with van der Waals surface area (Å²) >= 11 is 0. The molecule has 0 bridgehead atoms. The van der Waals surface area contributed by atoms with Crippen molar-refractivity contribution in [3.8, 4) is 22.5 Å². The monoisotopic (exact) mass is 869 g/mol. The molecule has 6 rings (SSSR count). The number of hydrogen-bond donors (Lipinski definition) is 2. The molecule has 14 heteroatoms. The van der Waals surface area contributed by atoms with Gasteiger partial charge >= 0.3 is 12.4 Å². The lowest BCUT2D eigenvalue weighted by Gasteiger charge is -2.20. The predicted octanol–water partition coefficient (Wildman–Crippen LogP) is 11.2. The van der Waals surface area contributed by atoms with Gasteiger partial charge in [-0.05, 0) is 79.6 Å². The van der Waals surface area contributed by atoms with E-state index in [0.717, 1.165) is 45.5 Å². The first-order valence-corrected chi connectivity index (χ1v) is 18.5. The van der Waals surface area contributed by atoms with E-state index in [4.69, 9.17) is 15.6 Å². The summed E-state index contributed by atoms with van der Waals surface area (Å²) in [6.07, 6.45) is -9.21. The third-order valence-electron chi connectivity index (χ3n) is 9.76. The van der Waals surface area contributed by atoms with Gasteiger partial charge in [-0.1, -0.05) is 123 Å². The Morgan fingerprint density at radius 1 is 0.607 bits per heavy atom. The van der Waals surface area contributed by atoms with Gasteiger partial charge in [0.2, 0.25) is 0 Å². The topological polar surface area (TPSA) is 107 Å². The lowest BCUT2D eigenvalue weighted by Crippen LogP contribution is -2.31. The van der Waals surface area contributed by atoms with E-state index in [1.165, 1.54) is 9.13 Å². The Balaban J connectivity index is 0.000000383. The number of benzene rings is 4. The molecular formula is C47H50ClF6N3O4. The first kappa shape index (κ1) is 51.2. The average molecular weight is 870 g/mol. The van der Waals surface area contributed by atoms with Gasteiger partial charge < -0.3 is 20.0 Å². The van der Waals surface area contributed by atoms with Gasteiger partial charge in [0.25, 0.3) is 17.6 Å². The highest BCUT2D eigenvalue weighted by Gasteiger charge is 2.37. The fourth-order valence-corrected chi connectivity index (χ4v) is 6.82. The molecule has 0 atom stereocenters. The molecule has 0 unspecified atom stereocenters. The van der Waals surface area contributed by atoms with Crippen LogP contribution in [0.4, 0.5) is 26.3 Å². The number of carboxylic acid groups (broad SMARTS) is 1. The van der Waals surface area contributed by atoms with Gasteiger partial charge in [0.05, 0.1) is 35.6 Å². The number of hydrogen-bond acceptors (Lipinski definition) is 4. The van der Waals surface area contributed by atoms with Gasteiger partial charge in [-0.2, -0.15) is 26.3 Å². The molecule has 0 saturated heterocycles. The molecule has 2 heterocycles. The first-order valence-electron chi connectivity index (χ1n) is 18.5. The van der Waals surface area contributed by atoms with Gasteiger partial charge in [-0.15, -0.1) is 12.4 Å². The van der Waals surface area contributed by atoms with Crippen molar-refractivity contribution in [1.29, 1.82) is 0 Å². The molecule has 0 spiro atoms. The summed E-state index contributed by atoms with van der Waals surface area (Å²) in [4.78, 5) is 34.5. The number of aryl methyl sites for hydroxylation is 4. The van der Waals surface area contributed by atoms with Crippen molar-refractivity contribution < 1.29 is 36.2 Å². The summed E-state index contributed by atoms with van der Waals surface area (Å²) in [7, 11) is 0. The Bertz CT molecular complexity index is 2340. The molecule has 326 valence electrons. The highest BCUT2D eigenvalue weighted by Crippen LogP contribution is 2.35. The van der Waals surface area contributed by atoms with E-state index >= 15 is 0 Å². The maximum absolute atomic E-state index is 13.6. The first-order chi connectivity index (χ1) is 27.9. The Labute approximate surface area is 357 Å². The predicted molar refractivity (Wildman–Crippen MR) is 232 cm³/mol. The van der Waals surface area contributed by atoms with Crippen LogP contribution in [0, 0.1) is 27.7 Å². The highest BCUT2D eigenvalue weighted by atomic mass is 35.5. The smallest absolute Gasteiger partial charge is 0.416 e. The molecule has 0 aliphatic heterocycles. The molecule has 0 fully saturated rings. The zero-order valence-electron chi connectivity index (χ0n) is 33.6. The number of rotatable bonds is 8. The van der Waals surface area contributed by atoms with Crippen LogP contribution >= 0.6 is 12.4 Å². The second-order valence-corrected chi connectivity index (χ2v) is 13.9. The Hall–Kier alpha value is -5.92. The van der Waals surface area contributed by atoms with E-state index < -0.39 is 46.7 Å². The van der Waals surface area contributed by atoms with E-state index in [0.29, 0.717) is 11.1 Å². The molecule has 7 nitrogen and oxygen atoms in total. The van der Waals surface area contributed by atoms with Gasteiger partial charge in [-0.25, -0.2) is 0 Å². The van der Waals surface area contributed by atoms with Crippen molar-refractivity contribution in [2.24, 2.45) is 5.73 Å². The van der Waals surface area contributed by atoms with E-state index in [1.54, 1.807) is 67.6 Å². The van der Waals surface area contributed by atoms with Crippen LogP contribution in [-0.4, -0.2) is 20.7 Å². The summed E-state index contributed by atoms with van der Waals surface area (Å²) < 4.78 is 84.5. The second-order valence-electron chi connectivity index (χ2n) is 13.9. The van der Waals surface area contributed by atoms with Crippen molar-refractivity contribution in [2.45, 2.75) is 80.5 Å². The van der Waals surface area contributed by atoms with Gasteiger partial charge in [0.15, 0.2) is 0 Å². The van der Waals surface area contributed by atoms with Crippen molar-refractivity contribution in [3.63, 3.8) is 0 Å². The van der Waals surface area contributed by atoms with Crippen LogP contribution in [0.3, 0.4) is 0 Å². The zero-order chi connectivity index (χ0) is 43.7. The molecule has 0 radical (unpaired) electrons. The minimum absolute atomic E-state index is 0. The second kappa shape index (κ2) is 22.1. The number of nitrogens with two attached hydrogens (primary N) is 1. The number of nitrogens with zero attached hydrogens (tertiary/aromatic N) is 2. The van der Waals surface area contributed by atoms with Crippen LogP contribution in [0.5, 0.6) is 0 Å². The number of alkyl halides is 6. The summed E-state index contributed by atoms with van der Waals surface area (Å²) in [5.74, 6) is 0. The van der Waals surface area contributed by atoms with Crippen molar-refractivity contribution >= 4 is 18.9 Å². The minimum Gasteiger partial charge on any atom is -0.483 e. The summed E-state index contributed by atoms with van der Waals surface area (Å²) in [6, 6.07) is 31.2. The minimum atomic E-state index is -4.66. The van der Waals surface area contributed by atoms with Crippen molar-refractivity contribution in [1.82, 2.24) is 9.13 Å². The normalized spacial score (nSPS) is 10.9. The molecule has 0 aliphatic rings. The Kier molecular flexibility index (Phi) is 18.5. The van der Waals surface area contributed by atoms with Crippen LogP contribution in [0.25, 0.3) is 22.5 Å². The Morgan fingerprint density at radius 2 is 0.951 bits per heavy atom. The molecule has 6 aromatic rings. The lowest BCUT2D eigenvalue weighted by atomic mass is 10.0. The highest BCUT2D eigenvalue weighted by molar-refractivity contribution is 5.85. The number of halogens is 7. The van der Waals surface area contributed by atoms with Crippen LogP contribution in [0.2, 0.25) is 0 Å². The number of carbonyl (C=O) groups is 1. The third kappa shape index (κ3) is 12.6. The van der Waals surface area contributed by atoms with E-state index in [-0.39, 0.29) is 62.8 Å². The number of aromatic nitrogens is 2. The quantitative estimate of drug-likeness (QED) is 0.117. The van der Waals surface area contributed by atoms with Crippen LogP contribution in [-0.2, 0) is 43.2 Å². The lowest BCUT2D eigenvalue weighted by molar-refractivity contribution is -0.139. The molecule has 0 amide bonds. The van der Waals surface area contributed by atoms with Gasteiger partial charge in [0, 0.05) is 17.7 Å². The third-order valence-corrected chi connectivity index (χ3v) is 9.76. The largest absolute Gasteiger partial charge is 0.483 e. The molecule has 4 aromatic carbocycles. The van der Waals surface area contributed by atoms with Crippen LogP contribution < -0.4 is 16.9 Å². The maximum atomic E-state index is 13.6. The van der Waals surface area contributed by atoms with Crippen molar-refractivity contribution in [3.05, 3.63) is 186 Å². The maximum Gasteiger partial charge on any atom is 0.416 e. The summed E-state index contributed by atoms with van der Waals surface area (Å²) in [6.45, 7) is 9.05.